The maximum absolute atomic E-state index is 12.4. The van der Waals surface area contributed by atoms with E-state index in [-0.39, 0.29) is 11.9 Å². The number of hydrogen-bond acceptors (Lipinski definition) is 3. The van der Waals surface area contributed by atoms with Gasteiger partial charge in [0.15, 0.2) is 0 Å². The second-order valence-corrected chi connectivity index (χ2v) is 5.34. The third kappa shape index (κ3) is 2.99. The predicted octanol–water partition coefficient (Wildman–Crippen LogP) is 1.01. The first-order valence-electron chi connectivity index (χ1n) is 6.78. The lowest BCUT2D eigenvalue weighted by Gasteiger charge is -2.31. The van der Waals surface area contributed by atoms with E-state index < -0.39 is 0 Å². The summed E-state index contributed by atoms with van der Waals surface area (Å²) in [6, 6.07) is 0.392. The van der Waals surface area contributed by atoms with Crippen LogP contribution in [0.3, 0.4) is 0 Å². The molecule has 0 spiro atoms. The van der Waals surface area contributed by atoms with Gasteiger partial charge in [0.05, 0.1) is 12.6 Å². The minimum Gasteiger partial charge on any atom is -0.381 e. The van der Waals surface area contributed by atoms with Crippen molar-refractivity contribution in [3.63, 3.8) is 0 Å². The Morgan fingerprint density at radius 2 is 2.24 bits per heavy atom. The standard InChI is InChI=1S/C13H24N2O2/c1-10-4-3-5-12(14-2)13(16)15(10)8-11-6-7-17-9-11/h10-12,14H,3-9H2,1-2H3. The van der Waals surface area contributed by atoms with E-state index in [1.54, 1.807) is 0 Å². The summed E-state index contributed by atoms with van der Waals surface area (Å²) in [5.41, 5.74) is 0. The fourth-order valence-corrected chi connectivity index (χ4v) is 2.86. The van der Waals surface area contributed by atoms with Crippen LogP contribution in [-0.2, 0) is 9.53 Å². The molecule has 0 bridgehead atoms. The van der Waals surface area contributed by atoms with Crippen LogP contribution in [0.2, 0.25) is 0 Å². The van der Waals surface area contributed by atoms with Crippen molar-refractivity contribution >= 4 is 5.91 Å². The van der Waals surface area contributed by atoms with Gasteiger partial charge in [0.25, 0.3) is 0 Å². The number of amides is 1. The molecule has 0 aliphatic carbocycles. The molecule has 0 saturated carbocycles. The molecule has 3 atom stereocenters. The summed E-state index contributed by atoms with van der Waals surface area (Å²) in [5, 5.41) is 3.15. The van der Waals surface area contributed by atoms with Gasteiger partial charge >= 0.3 is 0 Å². The normalized spacial score (nSPS) is 35.1. The first-order chi connectivity index (χ1) is 8.22. The number of likely N-dealkylation sites (tertiary alicyclic amines) is 1. The van der Waals surface area contributed by atoms with Crippen molar-refractivity contribution in [2.24, 2.45) is 5.92 Å². The Bertz CT molecular complexity index is 264. The summed E-state index contributed by atoms with van der Waals surface area (Å²) < 4.78 is 5.40. The quantitative estimate of drug-likeness (QED) is 0.800. The second kappa shape index (κ2) is 5.83. The average molecular weight is 240 g/mol. The van der Waals surface area contributed by atoms with Crippen molar-refractivity contribution in [3.05, 3.63) is 0 Å². The van der Waals surface area contributed by atoms with Crippen molar-refractivity contribution in [1.29, 1.82) is 0 Å². The summed E-state index contributed by atoms with van der Waals surface area (Å²) in [5.74, 6) is 0.821. The maximum atomic E-state index is 12.4. The van der Waals surface area contributed by atoms with Gasteiger partial charge in [0.1, 0.15) is 0 Å². The lowest BCUT2D eigenvalue weighted by atomic mass is 10.1. The highest BCUT2D eigenvalue weighted by Crippen LogP contribution is 2.22. The molecular weight excluding hydrogens is 216 g/mol. The van der Waals surface area contributed by atoms with Crippen molar-refractivity contribution in [1.82, 2.24) is 10.2 Å². The Morgan fingerprint density at radius 3 is 2.88 bits per heavy atom. The molecule has 17 heavy (non-hydrogen) atoms. The third-order valence-corrected chi connectivity index (χ3v) is 4.06. The van der Waals surface area contributed by atoms with E-state index in [1.807, 2.05) is 7.05 Å². The Kier molecular flexibility index (Phi) is 4.40. The topological polar surface area (TPSA) is 41.6 Å². The summed E-state index contributed by atoms with van der Waals surface area (Å²) in [6.45, 7) is 4.72. The molecule has 0 radical (unpaired) electrons. The minimum atomic E-state index is 0.0160. The summed E-state index contributed by atoms with van der Waals surface area (Å²) in [7, 11) is 1.88. The number of rotatable bonds is 3. The fraction of sp³-hybridized carbons (Fsp3) is 0.923. The van der Waals surface area contributed by atoms with Gasteiger partial charge in [-0.25, -0.2) is 0 Å². The molecule has 4 nitrogen and oxygen atoms in total. The summed E-state index contributed by atoms with van der Waals surface area (Å²) >= 11 is 0. The van der Waals surface area contributed by atoms with E-state index in [9.17, 15) is 4.79 Å². The van der Waals surface area contributed by atoms with Crippen molar-refractivity contribution in [2.45, 2.75) is 44.7 Å². The smallest absolute Gasteiger partial charge is 0.239 e. The number of nitrogens with zero attached hydrogens (tertiary/aromatic N) is 1. The van der Waals surface area contributed by atoms with E-state index in [0.717, 1.165) is 45.4 Å². The van der Waals surface area contributed by atoms with Crippen LogP contribution in [0.5, 0.6) is 0 Å². The van der Waals surface area contributed by atoms with Gasteiger partial charge in [0.2, 0.25) is 5.91 Å². The average Bonchev–Trinajstić information content (AvgIpc) is 2.79. The zero-order valence-corrected chi connectivity index (χ0v) is 10.9. The van der Waals surface area contributed by atoms with Crippen molar-refractivity contribution < 1.29 is 9.53 Å². The van der Waals surface area contributed by atoms with Crippen molar-refractivity contribution in [2.75, 3.05) is 26.8 Å². The van der Waals surface area contributed by atoms with Gasteiger partial charge in [-0.05, 0) is 39.7 Å². The van der Waals surface area contributed by atoms with Gasteiger partial charge in [-0.15, -0.1) is 0 Å². The molecule has 2 aliphatic heterocycles. The second-order valence-electron chi connectivity index (χ2n) is 5.34. The highest BCUT2D eigenvalue weighted by Gasteiger charge is 2.32. The zero-order valence-electron chi connectivity index (χ0n) is 10.9. The third-order valence-electron chi connectivity index (χ3n) is 4.06. The van der Waals surface area contributed by atoms with E-state index in [4.69, 9.17) is 4.74 Å². The molecular formula is C13H24N2O2. The SMILES string of the molecule is CNC1CCCC(C)N(CC2CCOC2)C1=O. The number of nitrogens with one attached hydrogen (secondary N) is 1. The van der Waals surface area contributed by atoms with Gasteiger partial charge in [-0.2, -0.15) is 0 Å². The zero-order chi connectivity index (χ0) is 12.3. The summed E-state index contributed by atoms with van der Waals surface area (Å²) in [4.78, 5) is 14.5. The molecule has 2 heterocycles. The lowest BCUT2D eigenvalue weighted by Crippen LogP contribution is -2.48. The largest absolute Gasteiger partial charge is 0.381 e. The monoisotopic (exact) mass is 240 g/mol. The van der Waals surface area contributed by atoms with Gasteiger partial charge in [-0.3, -0.25) is 4.79 Å². The van der Waals surface area contributed by atoms with Crippen LogP contribution in [-0.4, -0.2) is 49.7 Å². The van der Waals surface area contributed by atoms with Crippen LogP contribution in [0.1, 0.15) is 32.6 Å². The molecule has 2 aliphatic rings. The van der Waals surface area contributed by atoms with Crippen LogP contribution in [0.4, 0.5) is 0 Å². The molecule has 1 amide bonds. The molecule has 2 rings (SSSR count). The molecule has 3 unspecified atom stereocenters. The molecule has 1 N–H and O–H groups in total. The van der Waals surface area contributed by atoms with E-state index in [2.05, 4.69) is 17.1 Å². The number of hydrogen-bond donors (Lipinski definition) is 1. The van der Waals surface area contributed by atoms with Gasteiger partial charge in [-0.1, -0.05) is 0 Å². The Labute approximate surface area is 104 Å². The number of carbonyl (C=O) groups is 1. The molecule has 2 saturated heterocycles. The van der Waals surface area contributed by atoms with Crippen LogP contribution in [0.15, 0.2) is 0 Å². The van der Waals surface area contributed by atoms with Crippen LogP contribution >= 0.6 is 0 Å². The van der Waals surface area contributed by atoms with Crippen LogP contribution in [0, 0.1) is 5.92 Å². The molecule has 0 aromatic rings. The minimum absolute atomic E-state index is 0.0160. The molecule has 0 aromatic carbocycles. The summed E-state index contributed by atoms with van der Waals surface area (Å²) in [6.07, 6.45) is 4.33. The molecule has 4 heteroatoms. The van der Waals surface area contributed by atoms with E-state index in [1.165, 1.54) is 0 Å². The Morgan fingerprint density at radius 1 is 1.41 bits per heavy atom. The van der Waals surface area contributed by atoms with E-state index >= 15 is 0 Å². The van der Waals surface area contributed by atoms with Gasteiger partial charge in [0, 0.05) is 25.1 Å². The van der Waals surface area contributed by atoms with Crippen LogP contribution in [0.25, 0.3) is 0 Å². The first-order valence-corrected chi connectivity index (χ1v) is 6.78. The van der Waals surface area contributed by atoms with Crippen LogP contribution < -0.4 is 5.32 Å². The lowest BCUT2D eigenvalue weighted by molar-refractivity contribution is -0.135. The van der Waals surface area contributed by atoms with Gasteiger partial charge < -0.3 is 15.0 Å². The molecule has 2 fully saturated rings. The highest BCUT2D eigenvalue weighted by molar-refractivity contribution is 5.82. The molecule has 0 aromatic heterocycles. The fourth-order valence-electron chi connectivity index (χ4n) is 2.86. The number of carbonyl (C=O) groups excluding carboxylic acids is 1. The first kappa shape index (κ1) is 12.8. The molecule has 98 valence electrons. The maximum Gasteiger partial charge on any atom is 0.239 e. The van der Waals surface area contributed by atoms with E-state index in [0.29, 0.717) is 12.0 Å². The highest BCUT2D eigenvalue weighted by atomic mass is 16.5. The van der Waals surface area contributed by atoms with Crippen molar-refractivity contribution in [3.8, 4) is 0 Å². The Balaban J connectivity index is 2.01. The Hall–Kier alpha value is -0.610. The number of likely N-dealkylation sites (N-methyl/N-ethyl adjacent to an activating group) is 1. The predicted molar refractivity (Wildman–Crippen MR) is 66.8 cm³/mol. The number of ether oxygens (including phenoxy) is 1.